The van der Waals surface area contributed by atoms with Crippen LogP contribution in [0.2, 0.25) is 5.02 Å². The Labute approximate surface area is 267 Å². The molecule has 0 radical (unpaired) electrons. The third kappa shape index (κ3) is 6.26. The van der Waals surface area contributed by atoms with Gasteiger partial charge in [-0.05, 0) is 44.0 Å². The van der Waals surface area contributed by atoms with Crippen LogP contribution in [0.3, 0.4) is 0 Å². The molecule has 2 aromatic carbocycles. The Balaban J connectivity index is 1.44. The fourth-order valence-electron chi connectivity index (χ4n) is 6.92. The molecule has 0 amide bonds. The van der Waals surface area contributed by atoms with Gasteiger partial charge in [0.25, 0.3) is 6.43 Å². The molecule has 6 rings (SSSR count). The molecule has 3 aliphatic heterocycles. The van der Waals surface area contributed by atoms with Gasteiger partial charge in [-0.15, -0.1) is 11.8 Å². The minimum absolute atomic E-state index is 0.00489. The summed E-state index contributed by atoms with van der Waals surface area (Å²) in [4.78, 5) is 37.5. The highest BCUT2D eigenvalue weighted by molar-refractivity contribution is 7.99. The summed E-state index contributed by atoms with van der Waals surface area (Å²) in [7, 11) is 0. The maximum absolute atomic E-state index is 15.2. The van der Waals surface area contributed by atoms with Crippen LogP contribution in [-0.2, 0) is 4.79 Å². The molecule has 0 spiro atoms. The predicted molar refractivity (Wildman–Crippen MR) is 170 cm³/mol. The van der Waals surface area contributed by atoms with Crippen molar-refractivity contribution < 1.29 is 22.4 Å². The van der Waals surface area contributed by atoms with Crippen molar-refractivity contribution in [3.63, 3.8) is 0 Å². The van der Waals surface area contributed by atoms with Gasteiger partial charge in [-0.25, -0.2) is 22.4 Å². The molecule has 3 aromatic rings. The number of piperazine rings is 1. The molecule has 1 unspecified atom stereocenters. The van der Waals surface area contributed by atoms with Gasteiger partial charge >= 0.3 is 5.69 Å². The molecular formula is C32H34ClF4N5O2S. The molecule has 13 heteroatoms. The fraction of sp³-hybridized carbons (Fsp3) is 0.469. The molecule has 2 fully saturated rings. The highest BCUT2D eigenvalue weighted by atomic mass is 35.5. The van der Waals surface area contributed by atoms with Crippen LogP contribution >= 0.6 is 23.4 Å². The molecule has 2 saturated heterocycles. The summed E-state index contributed by atoms with van der Waals surface area (Å²) in [6.45, 7) is 8.56. The Morgan fingerprint density at radius 3 is 2.56 bits per heavy atom. The second-order valence-corrected chi connectivity index (χ2v) is 13.4. The van der Waals surface area contributed by atoms with Gasteiger partial charge in [-0.1, -0.05) is 18.2 Å². The molecule has 45 heavy (non-hydrogen) atoms. The number of carbonyl (C=O) groups excluding carboxylic acids is 1. The van der Waals surface area contributed by atoms with Gasteiger partial charge in [0, 0.05) is 84.5 Å². The van der Waals surface area contributed by atoms with Crippen LogP contribution in [0.25, 0.3) is 22.0 Å². The average molecular weight is 664 g/mol. The van der Waals surface area contributed by atoms with Crippen molar-refractivity contribution in [1.82, 2.24) is 19.4 Å². The van der Waals surface area contributed by atoms with Crippen LogP contribution in [0.15, 0.2) is 46.6 Å². The molecule has 4 heterocycles. The minimum Gasteiger partial charge on any atom is -0.353 e. The molecule has 3 atom stereocenters. The molecule has 0 N–H and O–H groups in total. The zero-order chi connectivity index (χ0) is 32.0. The van der Waals surface area contributed by atoms with Gasteiger partial charge in [0.05, 0.1) is 23.1 Å². The zero-order valence-electron chi connectivity index (χ0n) is 24.8. The Hall–Kier alpha value is -2.93. The Morgan fingerprint density at radius 1 is 1.16 bits per heavy atom. The second kappa shape index (κ2) is 13.1. The normalized spacial score (nSPS) is 22.7. The average Bonchev–Trinajstić information content (AvgIpc) is 3.00. The highest BCUT2D eigenvalue weighted by Crippen LogP contribution is 2.48. The van der Waals surface area contributed by atoms with E-state index in [-0.39, 0.29) is 40.9 Å². The van der Waals surface area contributed by atoms with Gasteiger partial charge in [0.15, 0.2) is 5.78 Å². The van der Waals surface area contributed by atoms with E-state index in [9.17, 15) is 22.8 Å². The highest BCUT2D eigenvalue weighted by Gasteiger charge is 2.35. The Kier molecular flexibility index (Phi) is 9.29. The number of piperidine rings is 1. The van der Waals surface area contributed by atoms with Crippen LogP contribution in [0.4, 0.5) is 23.4 Å². The van der Waals surface area contributed by atoms with Gasteiger partial charge in [0.1, 0.15) is 17.5 Å². The number of rotatable bonds is 8. The van der Waals surface area contributed by atoms with E-state index >= 15 is 4.39 Å². The molecule has 0 bridgehead atoms. The van der Waals surface area contributed by atoms with Crippen molar-refractivity contribution >= 4 is 45.9 Å². The van der Waals surface area contributed by atoms with Gasteiger partial charge in [-0.2, -0.15) is 4.98 Å². The van der Waals surface area contributed by atoms with E-state index in [1.54, 1.807) is 15.5 Å². The van der Waals surface area contributed by atoms with E-state index in [0.29, 0.717) is 85.0 Å². The van der Waals surface area contributed by atoms with Crippen molar-refractivity contribution in [3.05, 3.63) is 64.1 Å². The SMILES string of the molecule is C=CC(=O)C1CCN(c2nc(=O)n3c4c(c(-c5ccc(F)cc5F)c(Cl)cc24)SC[C@@H]3CN2CCN(CC(F)F)CC2)[C@@H](C)C1. The van der Waals surface area contributed by atoms with Crippen molar-refractivity contribution in [2.75, 3.05) is 56.5 Å². The third-order valence-electron chi connectivity index (χ3n) is 9.16. The number of benzene rings is 2. The summed E-state index contributed by atoms with van der Waals surface area (Å²) in [6, 6.07) is 4.65. The first-order valence-corrected chi connectivity index (χ1v) is 16.4. The number of halogens is 5. The van der Waals surface area contributed by atoms with E-state index < -0.39 is 23.7 Å². The lowest BCUT2D eigenvalue weighted by molar-refractivity contribution is -0.119. The lowest BCUT2D eigenvalue weighted by atomic mass is 9.88. The summed E-state index contributed by atoms with van der Waals surface area (Å²) in [5.74, 6) is -0.703. The maximum atomic E-state index is 15.2. The Bertz CT molecular complexity index is 1700. The second-order valence-electron chi connectivity index (χ2n) is 12.0. The van der Waals surface area contributed by atoms with E-state index in [1.807, 2.05) is 11.8 Å². The van der Waals surface area contributed by atoms with Crippen LogP contribution < -0.4 is 10.6 Å². The molecule has 0 saturated carbocycles. The molecule has 0 aliphatic carbocycles. The smallest absolute Gasteiger partial charge is 0.350 e. The first-order chi connectivity index (χ1) is 21.5. The predicted octanol–water partition coefficient (Wildman–Crippen LogP) is 5.88. The Morgan fingerprint density at radius 2 is 1.89 bits per heavy atom. The minimum atomic E-state index is -2.39. The number of nitrogens with zero attached hydrogens (tertiary/aromatic N) is 5. The third-order valence-corrected chi connectivity index (χ3v) is 10.7. The van der Waals surface area contributed by atoms with E-state index in [4.69, 9.17) is 11.6 Å². The van der Waals surface area contributed by atoms with Crippen molar-refractivity contribution in [1.29, 1.82) is 0 Å². The number of hydrogen-bond acceptors (Lipinski definition) is 7. The van der Waals surface area contributed by atoms with Crippen LogP contribution in [0.5, 0.6) is 0 Å². The number of hydrogen-bond donors (Lipinski definition) is 0. The van der Waals surface area contributed by atoms with Crippen molar-refractivity contribution in [2.24, 2.45) is 5.92 Å². The van der Waals surface area contributed by atoms with Crippen molar-refractivity contribution in [2.45, 2.75) is 43.2 Å². The van der Waals surface area contributed by atoms with E-state index in [0.717, 1.165) is 6.07 Å². The lowest BCUT2D eigenvalue weighted by Gasteiger charge is -2.40. The first-order valence-electron chi connectivity index (χ1n) is 15.1. The standard InChI is InChI=1S/C32H34ClF4N5O2S/c1-3-26(43)19-6-7-41(18(2)12-19)31-23-14-24(33)28(22-5-4-20(34)13-25(22)35)30-29(23)42(32(44)38-31)21(17-45-30)15-39-8-10-40(11-9-39)16-27(36)37/h3-5,13-14,18-19,21,27H,1,6-12,15-17H2,2H3/t18-,19?,21-/m0/s1. The molecular weight excluding hydrogens is 630 g/mol. The lowest BCUT2D eigenvalue weighted by Crippen LogP contribution is -2.50. The topological polar surface area (TPSA) is 61.7 Å². The molecule has 3 aliphatic rings. The van der Waals surface area contributed by atoms with Crippen LogP contribution in [0.1, 0.15) is 25.8 Å². The number of carbonyl (C=O) groups is 1. The van der Waals surface area contributed by atoms with Crippen LogP contribution in [-0.4, -0.2) is 89.2 Å². The van der Waals surface area contributed by atoms with Crippen LogP contribution in [0, 0.1) is 17.6 Å². The number of aromatic nitrogens is 2. The van der Waals surface area contributed by atoms with Crippen molar-refractivity contribution in [3.8, 4) is 11.1 Å². The number of ketones is 1. The molecule has 7 nitrogen and oxygen atoms in total. The molecule has 240 valence electrons. The van der Waals surface area contributed by atoms with E-state index in [1.165, 1.54) is 30.0 Å². The number of allylic oxidation sites excluding steroid dienone is 1. The largest absolute Gasteiger partial charge is 0.353 e. The summed E-state index contributed by atoms with van der Waals surface area (Å²) in [5.41, 5.74) is 0.653. The summed E-state index contributed by atoms with van der Waals surface area (Å²) in [6.07, 6.45) is 0.120. The van der Waals surface area contributed by atoms with Gasteiger partial charge < -0.3 is 4.90 Å². The first kappa shape index (κ1) is 32.0. The zero-order valence-corrected chi connectivity index (χ0v) is 26.4. The number of alkyl halides is 2. The van der Waals surface area contributed by atoms with Gasteiger partial charge in [0.2, 0.25) is 0 Å². The van der Waals surface area contributed by atoms with Gasteiger partial charge in [-0.3, -0.25) is 19.2 Å². The number of thioether (sulfide) groups is 1. The fourth-order valence-corrected chi connectivity index (χ4v) is 8.60. The maximum Gasteiger partial charge on any atom is 0.350 e. The molecule has 1 aromatic heterocycles. The number of anilines is 1. The summed E-state index contributed by atoms with van der Waals surface area (Å²) < 4.78 is 56.6. The monoisotopic (exact) mass is 663 g/mol. The summed E-state index contributed by atoms with van der Waals surface area (Å²) in [5, 5.41) is 0.891. The van der Waals surface area contributed by atoms with E-state index in [2.05, 4.69) is 16.5 Å². The summed E-state index contributed by atoms with van der Waals surface area (Å²) >= 11 is 8.36. The quantitative estimate of drug-likeness (QED) is 0.220.